The Hall–Kier alpha value is -0.400. The molecule has 0 aromatic rings. The van der Waals surface area contributed by atoms with Crippen molar-refractivity contribution in [1.82, 2.24) is 15.1 Å². The predicted molar refractivity (Wildman–Crippen MR) is 85.7 cm³/mol. The molecule has 21 heavy (non-hydrogen) atoms. The summed E-state index contributed by atoms with van der Waals surface area (Å²) in [7, 11) is 1.91. The maximum atomic E-state index is 10.9. The highest BCUT2D eigenvalue weighted by molar-refractivity contribution is 5.85. The van der Waals surface area contributed by atoms with Crippen molar-refractivity contribution in [2.24, 2.45) is 11.1 Å². The third kappa shape index (κ3) is 6.08. The number of likely N-dealkylation sites (N-methyl/N-ethyl adjacent to an activating group) is 1. The molecule has 124 valence electrons. The largest absolute Gasteiger partial charge is 0.374 e. The van der Waals surface area contributed by atoms with Gasteiger partial charge in [0.2, 0.25) is 5.91 Å². The number of morpholine rings is 1. The van der Waals surface area contributed by atoms with Crippen molar-refractivity contribution in [3.63, 3.8) is 0 Å². The Bertz CT molecular complexity index is 337. The normalized spacial score (nSPS) is 30.3. The van der Waals surface area contributed by atoms with Gasteiger partial charge in [0.1, 0.15) is 0 Å². The lowest BCUT2D eigenvalue weighted by Gasteiger charge is -2.38. The molecule has 3 N–H and O–H groups in total. The van der Waals surface area contributed by atoms with Crippen LogP contribution in [0.3, 0.4) is 0 Å². The van der Waals surface area contributed by atoms with Crippen LogP contribution in [0.5, 0.6) is 0 Å². The van der Waals surface area contributed by atoms with E-state index in [1.54, 1.807) is 0 Å². The number of halogens is 1. The molecule has 7 heteroatoms. The highest BCUT2D eigenvalue weighted by atomic mass is 35.5. The topological polar surface area (TPSA) is 70.8 Å². The van der Waals surface area contributed by atoms with Crippen LogP contribution in [0.15, 0.2) is 0 Å². The van der Waals surface area contributed by atoms with Crippen LogP contribution >= 0.6 is 12.4 Å². The third-order valence-electron chi connectivity index (χ3n) is 4.23. The number of carbonyl (C=O) groups excluding carboxylic acids is 1. The SMILES string of the molecule is CN(CC(N)=O)CC1CN(CC2(C)CCNC2)CCO1.Cl. The second-order valence-electron chi connectivity index (χ2n) is 6.63. The molecule has 0 saturated carbocycles. The van der Waals surface area contributed by atoms with Gasteiger partial charge in [-0.1, -0.05) is 6.92 Å². The number of carbonyl (C=O) groups is 1. The molecule has 0 radical (unpaired) electrons. The molecule has 2 rings (SSSR count). The van der Waals surface area contributed by atoms with Gasteiger partial charge >= 0.3 is 0 Å². The predicted octanol–water partition coefficient (Wildman–Crippen LogP) is -0.474. The van der Waals surface area contributed by atoms with E-state index in [1.165, 1.54) is 6.42 Å². The van der Waals surface area contributed by atoms with Gasteiger partial charge in [-0.25, -0.2) is 0 Å². The summed E-state index contributed by atoms with van der Waals surface area (Å²) in [5.41, 5.74) is 5.60. The van der Waals surface area contributed by atoms with Crippen LogP contribution in [-0.4, -0.2) is 81.3 Å². The average Bonchev–Trinajstić information content (AvgIpc) is 2.74. The molecule has 2 heterocycles. The van der Waals surface area contributed by atoms with E-state index in [0.717, 1.165) is 45.9 Å². The van der Waals surface area contributed by atoms with Gasteiger partial charge < -0.3 is 15.8 Å². The van der Waals surface area contributed by atoms with Crippen LogP contribution in [0.25, 0.3) is 0 Å². The molecule has 1 amide bonds. The molecule has 2 aliphatic heterocycles. The fraction of sp³-hybridized carbons (Fsp3) is 0.929. The molecule has 2 aliphatic rings. The summed E-state index contributed by atoms with van der Waals surface area (Å²) >= 11 is 0. The zero-order chi connectivity index (χ0) is 14.6. The third-order valence-corrected chi connectivity index (χ3v) is 4.23. The molecule has 6 nitrogen and oxygen atoms in total. The molecule has 2 unspecified atom stereocenters. The first kappa shape index (κ1) is 18.6. The second kappa shape index (κ2) is 8.29. The van der Waals surface area contributed by atoms with Crippen molar-refractivity contribution >= 4 is 18.3 Å². The minimum Gasteiger partial charge on any atom is -0.374 e. The Morgan fingerprint density at radius 2 is 2.33 bits per heavy atom. The summed E-state index contributed by atoms with van der Waals surface area (Å²) < 4.78 is 5.81. The maximum Gasteiger partial charge on any atom is 0.231 e. The molecule has 2 fully saturated rings. The first-order valence-corrected chi connectivity index (χ1v) is 7.48. The number of ether oxygens (including phenoxy) is 1. The summed E-state index contributed by atoms with van der Waals surface area (Å²) in [5.74, 6) is -0.287. The van der Waals surface area contributed by atoms with Gasteiger partial charge in [-0.15, -0.1) is 12.4 Å². The van der Waals surface area contributed by atoms with E-state index in [1.807, 2.05) is 11.9 Å². The van der Waals surface area contributed by atoms with Gasteiger partial charge in [-0.3, -0.25) is 14.6 Å². The Balaban J connectivity index is 0.00000220. The number of nitrogens with one attached hydrogen (secondary N) is 1. The Morgan fingerprint density at radius 1 is 1.57 bits per heavy atom. The minimum absolute atomic E-state index is 0. The molecule has 0 aromatic carbocycles. The molecule has 2 saturated heterocycles. The first-order chi connectivity index (χ1) is 9.47. The minimum atomic E-state index is -0.287. The van der Waals surface area contributed by atoms with Gasteiger partial charge in [0.25, 0.3) is 0 Å². The van der Waals surface area contributed by atoms with Gasteiger partial charge in [0.15, 0.2) is 0 Å². The van der Waals surface area contributed by atoms with Crippen LogP contribution in [-0.2, 0) is 9.53 Å². The summed E-state index contributed by atoms with van der Waals surface area (Å²) in [6, 6.07) is 0. The quantitative estimate of drug-likeness (QED) is 0.692. The zero-order valence-electron chi connectivity index (χ0n) is 13.1. The molecular formula is C14H29ClN4O2. The number of amides is 1. The number of hydrogen-bond acceptors (Lipinski definition) is 5. The van der Waals surface area contributed by atoms with Gasteiger partial charge in [0, 0.05) is 32.7 Å². The molecule has 0 spiro atoms. The van der Waals surface area contributed by atoms with Crippen molar-refractivity contribution in [3.8, 4) is 0 Å². The average molecular weight is 321 g/mol. The zero-order valence-corrected chi connectivity index (χ0v) is 14.0. The van der Waals surface area contributed by atoms with E-state index in [2.05, 4.69) is 17.1 Å². The van der Waals surface area contributed by atoms with Crippen LogP contribution in [0, 0.1) is 5.41 Å². The standard InChI is InChI=1S/C14H28N4O2.ClH/c1-14(3-4-16-10-14)11-18-5-6-20-12(8-18)7-17(2)9-13(15)19;/h12,16H,3-11H2,1-2H3,(H2,15,19);1H. The van der Waals surface area contributed by atoms with E-state index in [-0.39, 0.29) is 24.4 Å². The second-order valence-corrected chi connectivity index (χ2v) is 6.63. The molecular weight excluding hydrogens is 292 g/mol. The molecule has 0 bridgehead atoms. The van der Waals surface area contributed by atoms with E-state index >= 15 is 0 Å². The van der Waals surface area contributed by atoms with E-state index in [0.29, 0.717) is 12.0 Å². The van der Waals surface area contributed by atoms with Crippen LogP contribution in [0.1, 0.15) is 13.3 Å². The number of nitrogens with two attached hydrogens (primary N) is 1. The summed E-state index contributed by atoms with van der Waals surface area (Å²) in [6.45, 7) is 9.50. The smallest absolute Gasteiger partial charge is 0.231 e. The number of nitrogens with zero attached hydrogens (tertiary/aromatic N) is 2. The van der Waals surface area contributed by atoms with Gasteiger partial charge in [-0.05, 0) is 25.4 Å². The van der Waals surface area contributed by atoms with Crippen molar-refractivity contribution < 1.29 is 9.53 Å². The van der Waals surface area contributed by atoms with Crippen LogP contribution in [0.2, 0.25) is 0 Å². The lowest BCUT2D eigenvalue weighted by Crippen LogP contribution is -2.50. The fourth-order valence-corrected chi connectivity index (χ4v) is 3.26. The van der Waals surface area contributed by atoms with E-state index < -0.39 is 0 Å². The Morgan fingerprint density at radius 3 is 2.95 bits per heavy atom. The molecule has 2 atom stereocenters. The maximum absolute atomic E-state index is 10.9. The number of primary amides is 1. The Kier molecular flexibility index (Phi) is 7.36. The van der Waals surface area contributed by atoms with Crippen molar-refractivity contribution in [2.45, 2.75) is 19.4 Å². The summed E-state index contributed by atoms with van der Waals surface area (Å²) in [5, 5.41) is 3.45. The molecule has 0 aromatic heterocycles. The number of rotatable bonds is 6. The van der Waals surface area contributed by atoms with Crippen molar-refractivity contribution in [3.05, 3.63) is 0 Å². The van der Waals surface area contributed by atoms with E-state index in [4.69, 9.17) is 10.5 Å². The van der Waals surface area contributed by atoms with Gasteiger partial charge in [0.05, 0.1) is 19.3 Å². The summed E-state index contributed by atoms with van der Waals surface area (Å²) in [6.07, 6.45) is 1.42. The Labute approximate surface area is 133 Å². The monoisotopic (exact) mass is 320 g/mol. The summed E-state index contributed by atoms with van der Waals surface area (Å²) in [4.78, 5) is 15.3. The lowest BCUT2D eigenvalue weighted by molar-refractivity contribution is -0.119. The van der Waals surface area contributed by atoms with E-state index in [9.17, 15) is 4.79 Å². The van der Waals surface area contributed by atoms with Crippen LogP contribution in [0.4, 0.5) is 0 Å². The highest BCUT2D eigenvalue weighted by Crippen LogP contribution is 2.26. The molecule has 0 aliphatic carbocycles. The van der Waals surface area contributed by atoms with Crippen molar-refractivity contribution in [1.29, 1.82) is 0 Å². The lowest BCUT2D eigenvalue weighted by atomic mass is 9.89. The highest BCUT2D eigenvalue weighted by Gasteiger charge is 2.32. The van der Waals surface area contributed by atoms with Crippen molar-refractivity contribution in [2.75, 3.05) is 59.5 Å². The van der Waals surface area contributed by atoms with Crippen LogP contribution < -0.4 is 11.1 Å². The first-order valence-electron chi connectivity index (χ1n) is 7.48. The number of hydrogen-bond donors (Lipinski definition) is 2. The van der Waals surface area contributed by atoms with Gasteiger partial charge in [-0.2, -0.15) is 0 Å². The fourth-order valence-electron chi connectivity index (χ4n) is 3.26.